The van der Waals surface area contributed by atoms with Crippen molar-refractivity contribution in [1.29, 1.82) is 0 Å². The molecule has 7 nitrogen and oxygen atoms in total. The molecule has 0 aliphatic carbocycles. The standard InChI is InChI=1S/C26H15ClF8N4O3/c1-38-21-17(39(24(38)42)9-25(30,31)32)8-16(36-22(40)10-4-11(26(33,34)35)6-13(29)5-10)18-19(21)23(41)37-20(18)14-7-12(28)2-3-15(14)27/h2-8,20H,9H2,1H3,(H,36,40)(H,37,41). The van der Waals surface area contributed by atoms with E-state index in [1.165, 1.54) is 0 Å². The van der Waals surface area contributed by atoms with Crippen LogP contribution < -0.4 is 16.3 Å². The zero-order chi connectivity index (χ0) is 30.9. The van der Waals surface area contributed by atoms with Crippen molar-refractivity contribution in [1.82, 2.24) is 14.5 Å². The summed E-state index contributed by atoms with van der Waals surface area (Å²) >= 11 is 6.24. The minimum Gasteiger partial charge on any atom is -0.341 e. The lowest BCUT2D eigenvalue weighted by Crippen LogP contribution is -2.28. The predicted molar refractivity (Wildman–Crippen MR) is 133 cm³/mol. The van der Waals surface area contributed by atoms with E-state index in [0.717, 1.165) is 35.9 Å². The Bertz CT molecular complexity index is 1860. The van der Waals surface area contributed by atoms with E-state index in [1.54, 1.807) is 0 Å². The molecule has 1 aliphatic heterocycles. The molecule has 5 rings (SSSR count). The average molecular weight is 619 g/mol. The lowest BCUT2D eigenvalue weighted by molar-refractivity contribution is -0.140. The van der Waals surface area contributed by atoms with E-state index >= 15 is 0 Å². The maximum Gasteiger partial charge on any atom is 0.416 e. The molecule has 1 unspecified atom stereocenters. The molecule has 0 fully saturated rings. The molecule has 3 aromatic carbocycles. The minimum atomic E-state index is -5.02. The van der Waals surface area contributed by atoms with Gasteiger partial charge in [-0.25, -0.2) is 13.6 Å². The van der Waals surface area contributed by atoms with Crippen LogP contribution in [0.15, 0.2) is 47.3 Å². The number of carbonyl (C=O) groups excluding carboxylic acids is 2. The number of nitrogens with one attached hydrogen (secondary N) is 2. The number of aromatic nitrogens is 2. The molecule has 0 spiro atoms. The summed E-state index contributed by atoms with van der Waals surface area (Å²) in [4.78, 5) is 39.2. The zero-order valence-electron chi connectivity index (χ0n) is 20.8. The van der Waals surface area contributed by atoms with E-state index in [4.69, 9.17) is 11.6 Å². The number of imidazole rings is 1. The van der Waals surface area contributed by atoms with Crippen LogP contribution >= 0.6 is 11.6 Å². The van der Waals surface area contributed by atoms with Crippen LogP contribution in [0.2, 0.25) is 5.02 Å². The van der Waals surface area contributed by atoms with Gasteiger partial charge in [-0.1, -0.05) is 11.6 Å². The van der Waals surface area contributed by atoms with Gasteiger partial charge in [0.2, 0.25) is 0 Å². The van der Waals surface area contributed by atoms with Gasteiger partial charge in [-0.3, -0.25) is 18.7 Å². The number of rotatable bonds is 4. The van der Waals surface area contributed by atoms with Crippen LogP contribution in [0.25, 0.3) is 11.0 Å². The van der Waals surface area contributed by atoms with Gasteiger partial charge in [-0.05, 0) is 42.5 Å². The fourth-order valence-corrected chi connectivity index (χ4v) is 5.11. The first kappa shape index (κ1) is 29.1. The molecule has 2 heterocycles. The Balaban J connectivity index is 1.78. The van der Waals surface area contributed by atoms with Gasteiger partial charge in [-0.15, -0.1) is 0 Å². The molecule has 16 heteroatoms. The maximum atomic E-state index is 14.2. The topological polar surface area (TPSA) is 85.1 Å². The highest BCUT2D eigenvalue weighted by Gasteiger charge is 2.39. The van der Waals surface area contributed by atoms with E-state index < -0.39 is 76.4 Å². The van der Waals surface area contributed by atoms with Gasteiger partial charge < -0.3 is 10.6 Å². The Morgan fingerprint density at radius 1 is 1.00 bits per heavy atom. The third kappa shape index (κ3) is 5.08. The van der Waals surface area contributed by atoms with Gasteiger partial charge in [0, 0.05) is 34.4 Å². The number of aryl methyl sites for hydroxylation is 1. The highest BCUT2D eigenvalue weighted by molar-refractivity contribution is 6.31. The van der Waals surface area contributed by atoms with Gasteiger partial charge in [0.15, 0.2) is 0 Å². The third-order valence-electron chi connectivity index (χ3n) is 6.60. The van der Waals surface area contributed by atoms with Crippen LogP contribution in [0.3, 0.4) is 0 Å². The largest absolute Gasteiger partial charge is 0.416 e. The molecule has 4 aromatic rings. The molecule has 1 aliphatic rings. The summed E-state index contributed by atoms with van der Waals surface area (Å²) in [5.41, 5.74) is -5.20. The Morgan fingerprint density at radius 2 is 1.69 bits per heavy atom. The SMILES string of the molecule is Cn1c(=O)n(CC(F)(F)F)c2cc(NC(=O)c3cc(F)cc(C(F)(F)F)c3)c3c(c21)C(=O)NC3c1cc(F)ccc1Cl. The molecule has 0 radical (unpaired) electrons. The van der Waals surface area contributed by atoms with Gasteiger partial charge >= 0.3 is 18.0 Å². The number of alkyl halides is 6. The normalized spacial score (nSPS) is 15.2. The van der Waals surface area contributed by atoms with Crippen molar-refractivity contribution >= 4 is 40.1 Å². The number of halogens is 9. The van der Waals surface area contributed by atoms with Crippen molar-refractivity contribution in [2.75, 3.05) is 5.32 Å². The molecule has 42 heavy (non-hydrogen) atoms. The first-order valence-electron chi connectivity index (χ1n) is 11.7. The summed E-state index contributed by atoms with van der Waals surface area (Å²) in [7, 11) is 1.11. The number of carbonyl (C=O) groups is 2. The first-order valence-corrected chi connectivity index (χ1v) is 12.1. The van der Waals surface area contributed by atoms with Crippen LogP contribution in [-0.2, 0) is 19.8 Å². The van der Waals surface area contributed by atoms with Gasteiger partial charge in [0.05, 0.1) is 28.2 Å². The Hall–Kier alpha value is -4.40. The second-order valence-electron chi connectivity index (χ2n) is 9.38. The minimum absolute atomic E-state index is 0.0385. The highest BCUT2D eigenvalue weighted by Crippen LogP contribution is 2.43. The molecule has 220 valence electrons. The van der Waals surface area contributed by atoms with Crippen molar-refractivity contribution in [3.63, 3.8) is 0 Å². The Morgan fingerprint density at radius 3 is 2.33 bits per heavy atom. The van der Waals surface area contributed by atoms with Crippen molar-refractivity contribution in [3.05, 3.63) is 97.4 Å². The van der Waals surface area contributed by atoms with E-state index in [-0.39, 0.29) is 33.3 Å². The predicted octanol–water partition coefficient (Wildman–Crippen LogP) is 5.94. The fraction of sp³-hybridized carbons (Fsp3) is 0.192. The third-order valence-corrected chi connectivity index (χ3v) is 6.94. The molecular weight excluding hydrogens is 604 g/mol. The maximum absolute atomic E-state index is 14.2. The monoisotopic (exact) mass is 618 g/mol. The molecular formula is C26H15ClF8N4O3. The number of amides is 2. The van der Waals surface area contributed by atoms with Crippen LogP contribution in [0.4, 0.5) is 40.8 Å². The van der Waals surface area contributed by atoms with Crippen molar-refractivity contribution in [2.45, 2.75) is 24.9 Å². The summed E-state index contributed by atoms with van der Waals surface area (Å²) in [5.74, 6) is -4.45. The number of benzene rings is 3. The molecule has 0 bridgehead atoms. The number of hydrogen-bond donors (Lipinski definition) is 2. The molecule has 1 aromatic heterocycles. The summed E-state index contributed by atoms with van der Waals surface area (Å²) in [5, 5.41) is 4.66. The quantitative estimate of drug-likeness (QED) is 0.278. The summed E-state index contributed by atoms with van der Waals surface area (Å²) < 4.78 is 109. The Labute approximate surface area is 234 Å². The summed E-state index contributed by atoms with van der Waals surface area (Å²) in [6, 6.07) is 3.73. The molecule has 0 saturated heterocycles. The molecule has 2 N–H and O–H groups in total. The first-order chi connectivity index (χ1) is 19.5. The van der Waals surface area contributed by atoms with E-state index in [9.17, 15) is 49.5 Å². The fourth-order valence-electron chi connectivity index (χ4n) is 4.89. The Kier molecular flexibility index (Phi) is 6.83. The number of hydrogen-bond acceptors (Lipinski definition) is 3. The molecule has 1 atom stereocenters. The van der Waals surface area contributed by atoms with Gasteiger partial charge in [0.1, 0.15) is 18.2 Å². The summed E-state index contributed by atoms with van der Waals surface area (Å²) in [6.45, 7) is -1.78. The lowest BCUT2D eigenvalue weighted by atomic mass is 9.95. The van der Waals surface area contributed by atoms with Crippen LogP contribution in [0.1, 0.15) is 43.4 Å². The average Bonchev–Trinajstić information content (AvgIpc) is 3.33. The van der Waals surface area contributed by atoms with E-state index in [0.29, 0.717) is 16.7 Å². The van der Waals surface area contributed by atoms with E-state index in [1.807, 2.05) is 0 Å². The second kappa shape index (κ2) is 9.86. The smallest absolute Gasteiger partial charge is 0.341 e. The van der Waals surface area contributed by atoms with E-state index in [2.05, 4.69) is 10.6 Å². The zero-order valence-corrected chi connectivity index (χ0v) is 21.6. The lowest BCUT2D eigenvalue weighted by Gasteiger charge is -2.19. The number of anilines is 1. The van der Waals surface area contributed by atoms with Crippen molar-refractivity contribution < 1.29 is 44.7 Å². The summed E-state index contributed by atoms with van der Waals surface area (Å²) in [6.07, 6.45) is -9.92. The van der Waals surface area contributed by atoms with Gasteiger partial charge in [0.25, 0.3) is 11.8 Å². The highest BCUT2D eigenvalue weighted by atomic mass is 35.5. The molecule has 2 amide bonds. The van der Waals surface area contributed by atoms with Crippen LogP contribution in [0.5, 0.6) is 0 Å². The molecule has 0 saturated carbocycles. The van der Waals surface area contributed by atoms with Crippen molar-refractivity contribution in [3.8, 4) is 0 Å². The number of nitrogens with zero attached hydrogens (tertiary/aromatic N) is 2. The van der Waals surface area contributed by atoms with Gasteiger partial charge in [-0.2, -0.15) is 26.3 Å². The van der Waals surface area contributed by atoms with Crippen LogP contribution in [0, 0.1) is 11.6 Å². The second-order valence-corrected chi connectivity index (χ2v) is 9.78. The number of fused-ring (bicyclic) bond motifs is 3. The van der Waals surface area contributed by atoms with Crippen molar-refractivity contribution in [2.24, 2.45) is 7.05 Å². The van der Waals surface area contributed by atoms with Crippen LogP contribution in [-0.4, -0.2) is 27.1 Å².